The van der Waals surface area contributed by atoms with Crippen LogP contribution in [-0.4, -0.2) is 99.2 Å². The summed E-state index contributed by atoms with van der Waals surface area (Å²) in [6.07, 6.45) is 0.769. The van der Waals surface area contributed by atoms with Gasteiger partial charge in [0, 0.05) is 24.6 Å². The number of amides is 1. The maximum Gasteiger partial charge on any atom is 0.254 e. The molecule has 2 fully saturated rings. The first-order valence-electron chi connectivity index (χ1n) is 17.1. The molecule has 12 nitrogen and oxygen atoms in total. The summed E-state index contributed by atoms with van der Waals surface area (Å²) < 4.78 is 23.5. The van der Waals surface area contributed by atoms with Crippen LogP contribution >= 0.6 is 0 Å². The third-order valence-electron chi connectivity index (χ3n) is 11.3. The fraction of sp³-hybridized carbons (Fsp3) is 0.474. The minimum atomic E-state index is -2.42. The van der Waals surface area contributed by atoms with Gasteiger partial charge >= 0.3 is 0 Å². The first-order chi connectivity index (χ1) is 24.2. The normalized spacial score (nSPS) is 30.1. The number of aliphatic hydroxyl groups is 4. The van der Waals surface area contributed by atoms with E-state index in [2.05, 4.69) is 12.0 Å². The number of hydrogen-bond acceptors (Lipinski definition) is 11. The minimum Gasteiger partial charge on any atom is -0.506 e. The van der Waals surface area contributed by atoms with Crippen LogP contribution in [0.5, 0.6) is 17.2 Å². The molecular formula is C38H39NO11. The van der Waals surface area contributed by atoms with Crippen molar-refractivity contribution in [2.75, 3.05) is 26.9 Å². The van der Waals surface area contributed by atoms with Gasteiger partial charge in [-0.15, -0.1) is 0 Å². The molecule has 8 rings (SSSR count). The monoisotopic (exact) mass is 685 g/mol. The second kappa shape index (κ2) is 12.4. The predicted molar refractivity (Wildman–Crippen MR) is 177 cm³/mol. The van der Waals surface area contributed by atoms with E-state index in [1.165, 1.54) is 18.1 Å². The highest BCUT2D eigenvalue weighted by Crippen LogP contribution is 2.54. The largest absolute Gasteiger partial charge is 0.506 e. The Morgan fingerprint density at radius 3 is 2.72 bits per heavy atom. The molecule has 5 N–H and O–H groups in total. The number of ketones is 1. The molecule has 0 spiro atoms. The number of carbonyl (C=O) groups is 2. The Hall–Kier alpha value is -4.38. The summed E-state index contributed by atoms with van der Waals surface area (Å²) in [4.78, 5) is 29.7. The van der Waals surface area contributed by atoms with Crippen molar-refractivity contribution >= 4 is 22.5 Å². The lowest BCUT2D eigenvalue weighted by molar-refractivity contribution is -0.326. The lowest BCUT2D eigenvalue weighted by Gasteiger charge is -2.47. The van der Waals surface area contributed by atoms with Gasteiger partial charge in [-0.2, -0.15) is 0 Å². The number of carbonyl (C=O) groups excluding carboxylic acids is 2. The topological polar surface area (TPSA) is 175 Å². The Bertz CT molecular complexity index is 1970. The lowest BCUT2D eigenvalue weighted by atomic mass is 9.72. The molecule has 6 bridgehead atoms. The number of aryl methyl sites for hydroxylation is 1. The van der Waals surface area contributed by atoms with Gasteiger partial charge in [-0.3, -0.25) is 9.59 Å². The van der Waals surface area contributed by atoms with Gasteiger partial charge in [0.2, 0.25) is 6.29 Å². The number of methoxy groups -OCH3 is 1. The Labute approximate surface area is 288 Å². The van der Waals surface area contributed by atoms with E-state index in [1.807, 2.05) is 6.07 Å². The molecule has 7 atom stereocenters. The van der Waals surface area contributed by atoms with Crippen LogP contribution < -0.4 is 9.47 Å². The van der Waals surface area contributed by atoms with E-state index >= 15 is 0 Å². The van der Waals surface area contributed by atoms with Crippen LogP contribution in [-0.2, 0) is 28.9 Å². The van der Waals surface area contributed by atoms with Gasteiger partial charge in [-0.1, -0.05) is 24.5 Å². The maximum atomic E-state index is 14.6. The second-order valence-corrected chi connectivity index (χ2v) is 14.0. The number of ether oxygens (including phenoxy) is 4. The number of benzene rings is 3. The standard InChI is InChI=1S/C38H39NO11/c1-47-21-13-25-23-11-10-20-6-2-8-22(20)30(23)32-27(42)16-39-15-26-19(5-3-9-24(26)36(39)45)7-4-12-48-35-33(43)29(17-40)50-37(38(35,46)18-41)49-28(14-21)31(25)34(32)44/h3,5,9,13-14,20,22,29,33,35,37,40-41,43-44,46H,2,6-8,10-11,15-18H2,1H3/t20-,22-,29-,33-,35+,37+,38-/m1/s1. The van der Waals surface area contributed by atoms with E-state index in [4.69, 9.17) is 18.9 Å². The van der Waals surface area contributed by atoms with Crippen molar-refractivity contribution in [3.63, 3.8) is 0 Å². The molecule has 12 heteroatoms. The highest BCUT2D eigenvalue weighted by molar-refractivity contribution is 6.12. The maximum absolute atomic E-state index is 14.6. The molecule has 2 aliphatic carbocycles. The molecule has 1 amide bonds. The molecule has 3 aliphatic heterocycles. The average molecular weight is 686 g/mol. The molecule has 1 saturated carbocycles. The number of aliphatic hydroxyl groups excluding tert-OH is 3. The summed E-state index contributed by atoms with van der Waals surface area (Å²) >= 11 is 0. The highest BCUT2D eigenvalue weighted by atomic mass is 16.7. The molecular weight excluding hydrogens is 646 g/mol. The van der Waals surface area contributed by atoms with Crippen molar-refractivity contribution in [2.24, 2.45) is 5.92 Å². The van der Waals surface area contributed by atoms with Crippen molar-refractivity contribution in [1.82, 2.24) is 4.90 Å². The fourth-order valence-corrected chi connectivity index (χ4v) is 8.84. The van der Waals surface area contributed by atoms with Crippen LogP contribution in [0.4, 0.5) is 0 Å². The average Bonchev–Trinajstić information content (AvgIpc) is 3.73. The zero-order valence-electron chi connectivity index (χ0n) is 27.6. The first kappa shape index (κ1) is 32.8. The minimum absolute atomic E-state index is 0.0348. The predicted octanol–water partition coefficient (Wildman–Crippen LogP) is 2.31. The van der Waals surface area contributed by atoms with Gasteiger partial charge < -0.3 is 49.4 Å². The second-order valence-electron chi connectivity index (χ2n) is 14.0. The van der Waals surface area contributed by atoms with E-state index in [-0.39, 0.29) is 53.8 Å². The summed E-state index contributed by atoms with van der Waals surface area (Å²) in [6, 6.07) is 8.53. The number of phenolic OH excluding ortho intramolecular Hbond substituents is 1. The van der Waals surface area contributed by atoms with Gasteiger partial charge in [-0.25, -0.2) is 0 Å². The molecule has 1 saturated heterocycles. The van der Waals surface area contributed by atoms with Gasteiger partial charge in [0.15, 0.2) is 17.5 Å². The van der Waals surface area contributed by atoms with E-state index in [0.29, 0.717) is 29.0 Å². The summed E-state index contributed by atoms with van der Waals surface area (Å²) in [7, 11) is 1.48. The molecule has 262 valence electrons. The number of hydrogen-bond donors (Lipinski definition) is 5. The summed E-state index contributed by atoms with van der Waals surface area (Å²) in [5.41, 5.74) is 1.32. The Morgan fingerprint density at radius 1 is 1.10 bits per heavy atom. The number of Topliss-reactive ketones (excluding diaryl/α,β-unsaturated/α-hetero) is 1. The smallest absolute Gasteiger partial charge is 0.254 e. The molecule has 3 aromatic carbocycles. The first-order valence-corrected chi connectivity index (χ1v) is 17.1. The summed E-state index contributed by atoms with van der Waals surface area (Å²) in [6.45, 7) is -1.77. The van der Waals surface area contributed by atoms with Crippen molar-refractivity contribution < 1.29 is 54.1 Å². The number of aromatic hydroxyl groups is 1. The van der Waals surface area contributed by atoms with Crippen molar-refractivity contribution in [1.29, 1.82) is 0 Å². The van der Waals surface area contributed by atoms with E-state index < -0.39 is 49.2 Å². The highest BCUT2D eigenvalue weighted by Gasteiger charge is 2.58. The quantitative estimate of drug-likeness (QED) is 0.256. The van der Waals surface area contributed by atoms with Gasteiger partial charge in [-0.05, 0) is 77.3 Å². The fourth-order valence-electron chi connectivity index (χ4n) is 8.84. The molecule has 5 aliphatic rings. The van der Waals surface area contributed by atoms with Gasteiger partial charge in [0.05, 0.1) is 37.8 Å². The van der Waals surface area contributed by atoms with Crippen LogP contribution in [0.1, 0.15) is 74.6 Å². The third-order valence-corrected chi connectivity index (χ3v) is 11.3. The third kappa shape index (κ3) is 4.94. The number of fused-ring (bicyclic) bond motifs is 9. The zero-order chi connectivity index (χ0) is 34.9. The van der Waals surface area contributed by atoms with E-state index in [9.17, 15) is 35.1 Å². The Morgan fingerprint density at radius 2 is 1.94 bits per heavy atom. The van der Waals surface area contributed by atoms with Crippen LogP contribution in [0.15, 0.2) is 30.3 Å². The SMILES string of the molecule is COc1cc2c3c(O)c(c4c(c3c1)CC[C@H]1CCC[C@@H]41)C(=O)CN1Cc3c(cccc3C1=O)CC#CO[C@H]1[C@H](O)[C@@H](CO)O[C@H](O2)[C@@]1(O)CO. The van der Waals surface area contributed by atoms with Crippen molar-refractivity contribution in [3.8, 4) is 29.3 Å². The van der Waals surface area contributed by atoms with Crippen LogP contribution in [0.2, 0.25) is 0 Å². The Kier molecular flexibility index (Phi) is 8.16. The molecule has 0 unspecified atom stereocenters. The molecule has 0 radical (unpaired) electrons. The van der Waals surface area contributed by atoms with Crippen LogP contribution in [0, 0.1) is 17.9 Å². The van der Waals surface area contributed by atoms with Crippen molar-refractivity contribution in [3.05, 3.63) is 63.7 Å². The number of rotatable bonds is 3. The molecule has 3 heterocycles. The lowest BCUT2D eigenvalue weighted by Crippen LogP contribution is -2.70. The van der Waals surface area contributed by atoms with Gasteiger partial charge in [0.1, 0.15) is 35.6 Å². The van der Waals surface area contributed by atoms with E-state index in [1.54, 1.807) is 18.2 Å². The zero-order valence-corrected chi connectivity index (χ0v) is 27.6. The molecule has 3 aromatic rings. The van der Waals surface area contributed by atoms with E-state index in [0.717, 1.165) is 47.9 Å². The number of nitrogens with zero attached hydrogens (tertiary/aromatic N) is 1. The summed E-state index contributed by atoms with van der Waals surface area (Å²) in [5, 5.41) is 56.8. The van der Waals surface area contributed by atoms with Crippen LogP contribution in [0.3, 0.4) is 0 Å². The summed E-state index contributed by atoms with van der Waals surface area (Å²) in [5.74, 6) is 2.56. The van der Waals surface area contributed by atoms with Gasteiger partial charge in [0.25, 0.3) is 5.91 Å². The molecule has 50 heavy (non-hydrogen) atoms. The van der Waals surface area contributed by atoms with Crippen molar-refractivity contribution in [2.45, 2.75) is 81.2 Å². The molecule has 0 aromatic heterocycles. The number of phenols is 1. The Balaban J connectivity index is 1.37. The van der Waals surface area contributed by atoms with Crippen LogP contribution in [0.25, 0.3) is 10.8 Å².